The first-order valence-electron chi connectivity index (χ1n) is 8.86. The summed E-state index contributed by atoms with van der Waals surface area (Å²) >= 11 is 0. The zero-order valence-corrected chi connectivity index (χ0v) is 14.9. The van der Waals surface area contributed by atoms with E-state index in [0.717, 1.165) is 24.8 Å². The molecule has 0 aromatic heterocycles. The maximum absolute atomic E-state index is 14.0. The summed E-state index contributed by atoms with van der Waals surface area (Å²) in [6.45, 7) is 3.16. The van der Waals surface area contributed by atoms with Gasteiger partial charge in [-0.15, -0.1) is 0 Å². The Labute approximate surface area is 148 Å². The predicted molar refractivity (Wildman–Crippen MR) is 98.0 cm³/mol. The summed E-state index contributed by atoms with van der Waals surface area (Å²) in [5, 5.41) is 2.97. The summed E-state index contributed by atoms with van der Waals surface area (Å²) in [6, 6.07) is 15.1. The molecule has 0 unspecified atom stereocenters. The zero-order chi connectivity index (χ0) is 17.9. The summed E-state index contributed by atoms with van der Waals surface area (Å²) in [5.74, 6) is -0.182. The Balaban J connectivity index is 1.56. The number of carbonyl (C=O) groups is 1. The number of urea groups is 1. The molecule has 2 amide bonds. The summed E-state index contributed by atoms with van der Waals surface area (Å²) in [7, 11) is 1.78. The number of amides is 2. The molecule has 1 fully saturated rings. The number of rotatable bonds is 6. The Kier molecular flexibility index (Phi) is 5.07. The fourth-order valence-corrected chi connectivity index (χ4v) is 3.19. The number of halogens is 1. The van der Waals surface area contributed by atoms with Gasteiger partial charge in [-0.2, -0.15) is 0 Å². The first kappa shape index (κ1) is 17.5. The molecule has 1 aliphatic rings. The van der Waals surface area contributed by atoms with Crippen molar-refractivity contribution < 1.29 is 9.18 Å². The van der Waals surface area contributed by atoms with Crippen LogP contribution in [0.3, 0.4) is 0 Å². The average Bonchev–Trinajstić information content (AvgIpc) is 3.41. The van der Waals surface area contributed by atoms with Gasteiger partial charge in [0.25, 0.3) is 0 Å². The topological polar surface area (TPSA) is 32.3 Å². The molecule has 0 spiro atoms. The smallest absolute Gasteiger partial charge is 0.317 e. The van der Waals surface area contributed by atoms with E-state index in [1.54, 1.807) is 18.0 Å². The fourth-order valence-electron chi connectivity index (χ4n) is 3.19. The van der Waals surface area contributed by atoms with E-state index in [4.69, 9.17) is 0 Å². The molecular weight excluding hydrogens is 315 g/mol. The molecule has 2 aromatic carbocycles. The Morgan fingerprint density at radius 2 is 1.76 bits per heavy atom. The number of aryl methyl sites for hydroxylation is 1. The Bertz CT molecular complexity index is 738. The molecule has 1 saturated carbocycles. The molecule has 25 heavy (non-hydrogen) atoms. The van der Waals surface area contributed by atoms with Crippen molar-refractivity contribution in [2.45, 2.75) is 38.1 Å². The normalized spacial score (nSPS) is 14.8. The van der Waals surface area contributed by atoms with E-state index >= 15 is 0 Å². The average molecular weight is 340 g/mol. The molecule has 0 aliphatic heterocycles. The van der Waals surface area contributed by atoms with Crippen LogP contribution < -0.4 is 5.32 Å². The summed E-state index contributed by atoms with van der Waals surface area (Å²) in [6.07, 6.45) is 2.83. The van der Waals surface area contributed by atoms with Crippen molar-refractivity contribution in [2.75, 3.05) is 13.6 Å². The van der Waals surface area contributed by atoms with Gasteiger partial charge in [0.2, 0.25) is 0 Å². The van der Waals surface area contributed by atoms with Gasteiger partial charge in [-0.3, -0.25) is 0 Å². The Hall–Kier alpha value is -2.36. The Morgan fingerprint density at radius 3 is 2.36 bits per heavy atom. The third-order valence-electron chi connectivity index (χ3n) is 5.07. The van der Waals surface area contributed by atoms with Gasteiger partial charge in [0.1, 0.15) is 5.82 Å². The van der Waals surface area contributed by atoms with E-state index in [0.29, 0.717) is 18.7 Å². The van der Waals surface area contributed by atoms with Crippen molar-refractivity contribution in [1.29, 1.82) is 0 Å². The van der Waals surface area contributed by atoms with Crippen LogP contribution in [-0.2, 0) is 18.4 Å². The maximum atomic E-state index is 14.0. The van der Waals surface area contributed by atoms with E-state index < -0.39 is 0 Å². The molecule has 0 atom stereocenters. The summed E-state index contributed by atoms with van der Waals surface area (Å²) in [5.41, 5.74) is 2.87. The molecule has 0 bridgehead atoms. The highest BCUT2D eigenvalue weighted by Crippen LogP contribution is 2.48. The highest BCUT2D eigenvalue weighted by atomic mass is 19.1. The van der Waals surface area contributed by atoms with Gasteiger partial charge in [0.15, 0.2) is 0 Å². The van der Waals surface area contributed by atoms with Crippen molar-refractivity contribution in [3.63, 3.8) is 0 Å². The minimum atomic E-state index is -0.232. The summed E-state index contributed by atoms with van der Waals surface area (Å²) in [4.78, 5) is 14.0. The standard InChI is InChI=1S/C21H25FN2O/c1-3-16-8-10-17(11-9-16)14-24(2)20(25)23-15-21(12-13-21)18-6-4-5-7-19(18)22/h4-11H,3,12-15H2,1-2H3,(H,23,25). The second kappa shape index (κ2) is 7.26. The van der Waals surface area contributed by atoms with E-state index in [1.807, 2.05) is 12.1 Å². The first-order valence-corrected chi connectivity index (χ1v) is 8.86. The molecule has 1 aliphatic carbocycles. The van der Waals surface area contributed by atoms with Crippen molar-refractivity contribution in [1.82, 2.24) is 10.2 Å². The lowest BCUT2D eigenvalue weighted by molar-refractivity contribution is 0.205. The molecule has 3 rings (SSSR count). The van der Waals surface area contributed by atoms with Crippen molar-refractivity contribution in [3.05, 3.63) is 71.0 Å². The highest BCUT2D eigenvalue weighted by molar-refractivity contribution is 5.74. The Morgan fingerprint density at radius 1 is 1.12 bits per heavy atom. The van der Waals surface area contributed by atoms with Gasteiger partial charge in [-0.25, -0.2) is 9.18 Å². The van der Waals surface area contributed by atoms with Crippen LogP contribution in [-0.4, -0.2) is 24.5 Å². The lowest BCUT2D eigenvalue weighted by atomic mass is 9.95. The molecule has 4 heteroatoms. The largest absolute Gasteiger partial charge is 0.337 e. The van der Waals surface area contributed by atoms with Crippen LogP contribution in [0.2, 0.25) is 0 Å². The van der Waals surface area contributed by atoms with Crippen molar-refractivity contribution >= 4 is 6.03 Å². The molecule has 3 nitrogen and oxygen atoms in total. The number of hydrogen-bond donors (Lipinski definition) is 1. The van der Waals surface area contributed by atoms with Crippen LogP contribution >= 0.6 is 0 Å². The van der Waals surface area contributed by atoms with Crippen LogP contribution in [0.15, 0.2) is 48.5 Å². The second-order valence-electron chi connectivity index (χ2n) is 6.94. The zero-order valence-electron chi connectivity index (χ0n) is 14.9. The van der Waals surface area contributed by atoms with Gasteiger partial charge < -0.3 is 10.2 Å². The monoisotopic (exact) mass is 340 g/mol. The maximum Gasteiger partial charge on any atom is 0.317 e. The van der Waals surface area contributed by atoms with Gasteiger partial charge in [-0.1, -0.05) is 49.4 Å². The van der Waals surface area contributed by atoms with Crippen LogP contribution in [0.25, 0.3) is 0 Å². The number of benzene rings is 2. The van der Waals surface area contributed by atoms with E-state index in [2.05, 4.69) is 36.5 Å². The van der Waals surface area contributed by atoms with Crippen LogP contribution in [0.5, 0.6) is 0 Å². The van der Waals surface area contributed by atoms with Gasteiger partial charge in [-0.05, 0) is 42.0 Å². The second-order valence-corrected chi connectivity index (χ2v) is 6.94. The van der Waals surface area contributed by atoms with E-state index in [9.17, 15) is 9.18 Å². The predicted octanol–water partition coefficient (Wildman–Crippen LogP) is 4.26. The summed E-state index contributed by atoms with van der Waals surface area (Å²) < 4.78 is 14.0. The quantitative estimate of drug-likeness (QED) is 0.837. The van der Waals surface area contributed by atoms with Crippen molar-refractivity contribution in [2.24, 2.45) is 0 Å². The number of nitrogens with one attached hydrogen (secondary N) is 1. The van der Waals surface area contributed by atoms with Crippen LogP contribution in [0.4, 0.5) is 9.18 Å². The van der Waals surface area contributed by atoms with Crippen LogP contribution in [0.1, 0.15) is 36.5 Å². The molecular formula is C21H25FN2O. The molecule has 0 radical (unpaired) electrons. The lowest BCUT2D eigenvalue weighted by Gasteiger charge is -2.22. The molecule has 1 N–H and O–H groups in total. The third kappa shape index (κ3) is 4.01. The van der Waals surface area contributed by atoms with Gasteiger partial charge in [0, 0.05) is 25.6 Å². The molecule has 132 valence electrons. The minimum absolute atomic E-state index is 0.123. The molecule has 2 aromatic rings. The molecule has 0 saturated heterocycles. The van der Waals surface area contributed by atoms with E-state index in [-0.39, 0.29) is 17.3 Å². The fraction of sp³-hybridized carbons (Fsp3) is 0.381. The lowest BCUT2D eigenvalue weighted by Crippen LogP contribution is -2.40. The SMILES string of the molecule is CCc1ccc(CN(C)C(=O)NCC2(c3ccccc3F)CC2)cc1. The van der Waals surface area contributed by atoms with Gasteiger partial charge >= 0.3 is 6.03 Å². The number of carbonyl (C=O) groups excluding carboxylic acids is 1. The number of hydrogen-bond acceptors (Lipinski definition) is 1. The minimum Gasteiger partial charge on any atom is -0.337 e. The molecule has 0 heterocycles. The third-order valence-corrected chi connectivity index (χ3v) is 5.07. The van der Waals surface area contributed by atoms with E-state index in [1.165, 1.54) is 11.6 Å². The van der Waals surface area contributed by atoms with Gasteiger partial charge in [0.05, 0.1) is 0 Å². The first-order chi connectivity index (χ1) is 12.0. The van der Waals surface area contributed by atoms with Crippen LogP contribution in [0, 0.1) is 5.82 Å². The highest BCUT2D eigenvalue weighted by Gasteiger charge is 2.46. The number of nitrogens with zero attached hydrogens (tertiary/aromatic N) is 1. The van der Waals surface area contributed by atoms with Crippen molar-refractivity contribution in [3.8, 4) is 0 Å².